The summed E-state index contributed by atoms with van der Waals surface area (Å²) < 4.78 is 42.6. The van der Waals surface area contributed by atoms with Gasteiger partial charge in [-0.05, 0) is 78.4 Å². The molecular formula is C31H31F3N6O3S. The fourth-order valence-electron chi connectivity index (χ4n) is 4.67. The molecule has 1 aromatic heterocycles. The van der Waals surface area contributed by atoms with Crippen LogP contribution in [-0.4, -0.2) is 49.4 Å². The third-order valence-corrected chi connectivity index (χ3v) is 7.75. The molecule has 1 atom stereocenters. The molecule has 5 rings (SSSR count). The number of halogens is 3. The van der Waals surface area contributed by atoms with Crippen molar-refractivity contribution < 1.29 is 27.8 Å². The molecular weight excluding hydrogens is 593 g/mol. The second-order valence-corrected chi connectivity index (χ2v) is 11.5. The fourth-order valence-corrected chi connectivity index (χ4v) is 5.55. The van der Waals surface area contributed by atoms with Crippen LogP contribution in [0, 0.1) is 6.92 Å². The van der Waals surface area contributed by atoms with Crippen LogP contribution in [0.5, 0.6) is 5.75 Å². The quantitative estimate of drug-likeness (QED) is 0.198. The highest BCUT2D eigenvalue weighted by atomic mass is 32.2. The summed E-state index contributed by atoms with van der Waals surface area (Å²) in [6.07, 6.45) is -3.87. The van der Waals surface area contributed by atoms with E-state index in [1.165, 1.54) is 23.9 Å². The Kier molecular flexibility index (Phi) is 9.25. The first-order valence-electron chi connectivity index (χ1n) is 13.9. The van der Waals surface area contributed by atoms with Crippen molar-refractivity contribution in [3.05, 3.63) is 89.7 Å². The van der Waals surface area contributed by atoms with E-state index in [0.717, 1.165) is 27.9 Å². The Morgan fingerprint density at radius 2 is 1.82 bits per heavy atom. The number of hydrogen-bond donors (Lipinski definition) is 2. The molecule has 2 heterocycles. The van der Waals surface area contributed by atoms with Crippen molar-refractivity contribution in [1.82, 2.24) is 14.8 Å². The standard InChI is InChI=1S/C31H31F3N6O3S/c1-19(2)25-13-4-20(3)16-26(25)40-27(41)17-44-30(40)37-29(42)36-23-9-7-22(8-10-23)28-35-18-39(38-28)15-14-21-5-11-24(12-6-21)43-31(32,33)34/h4-13,16,18-19,29,36,42H,14-15,17H2,1-3H3. The van der Waals surface area contributed by atoms with Gasteiger partial charge in [-0.3, -0.25) is 14.4 Å². The van der Waals surface area contributed by atoms with Gasteiger partial charge >= 0.3 is 6.36 Å². The highest BCUT2D eigenvalue weighted by molar-refractivity contribution is 8.15. The minimum absolute atomic E-state index is 0.0850. The second-order valence-electron chi connectivity index (χ2n) is 10.5. The molecule has 13 heteroatoms. The topological polar surface area (TPSA) is 105 Å². The number of rotatable bonds is 10. The van der Waals surface area contributed by atoms with Crippen LogP contribution in [0.25, 0.3) is 11.4 Å². The smallest absolute Gasteiger partial charge is 0.406 e. The molecule has 2 N–H and O–H groups in total. The molecule has 0 radical (unpaired) electrons. The van der Waals surface area contributed by atoms with Crippen molar-refractivity contribution in [3.63, 3.8) is 0 Å². The maximum atomic E-state index is 12.8. The summed E-state index contributed by atoms with van der Waals surface area (Å²) in [6, 6.07) is 18.9. The molecule has 0 saturated carbocycles. The number of carbonyl (C=O) groups excluding carboxylic acids is 1. The number of aryl methyl sites for hydroxylation is 3. The molecule has 4 aromatic rings. The van der Waals surface area contributed by atoms with Gasteiger partial charge in [0.15, 0.2) is 11.0 Å². The normalized spacial score (nSPS) is 15.3. The molecule has 1 amide bonds. The third kappa shape index (κ3) is 7.77. The van der Waals surface area contributed by atoms with Crippen LogP contribution in [-0.2, 0) is 17.8 Å². The van der Waals surface area contributed by atoms with E-state index in [0.29, 0.717) is 29.6 Å². The second kappa shape index (κ2) is 13.1. The third-order valence-electron chi connectivity index (χ3n) is 6.81. The van der Waals surface area contributed by atoms with Crippen molar-refractivity contribution in [3.8, 4) is 17.1 Å². The van der Waals surface area contributed by atoms with E-state index in [2.05, 4.69) is 39.0 Å². The predicted molar refractivity (Wildman–Crippen MR) is 165 cm³/mol. The number of hydrogen-bond acceptors (Lipinski definition) is 8. The number of aliphatic hydroxyl groups is 1. The number of carbonyl (C=O) groups is 1. The lowest BCUT2D eigenvalue weighted by Crippen LogP contribution is -2.32. The van der Waals surface area contributed by atoms with Crippen LogP contribution >= 0.6 is 11.8 Å². The molecule has 3 aromatic carbocycles. The van der Waals surface area contributed by atoms with Gasteiger partial charge in [0, 0.05) is 17.8 Å². The van der Waals surface area contributed by atoms with E-state index >= 15 is 0 Å². The molecule has 1 aliphatic heterocycles. The van der Waals surface area contributed by atoms with Crippen LogP contribution < -0.4 is 15.0 Å². The summed E-state index contributed by atoms with van der Waals surface area (Å²) in [4.78, 5) is 23.2. The highest BCUT2D eigenvalue weighted by Crippen LogP contribution is 2.34. The number of aliphatic imine (C=N–C) groups is 1. The Morgan fingerprint density at radius 1 is 1.09 bits per heavy atom. The monoisotopic (exact) mass is 624 g/mol. The van der Waals surface area contributed by atoms with Gasteiger partial charge in [0.05, 0.1) is 11.4 Å². The van der Waals surface area contributed by atoms with E-state index in [-0.39, 0.29) is 23.3 Å². The highest BCUT2D eigenvalue weighted by Gasteiger charge is 2.32. The average Bonchev–Trinajstić information content (AvgIpc) is 3.58. The molecule has 1 fully saturated rings. The van der Waals surface area contributed by atoms with E-state index in [1.807, 2.05) is 37.3 Å². The molecule has 44 heavy (non-hydrogen) atoms. The number of aromatic nitrogens is 3. The van der Waals surface area contributed by atoms with Crippen LogP contribution in [0.4, 0.5) is 24.5 Å². The summed E-state index contributed by atoms with van der Waals surface area (Å²) in [6.45, 7) is 6.60. The predicted octanol–water partition coefficient (Wildman–Crippen LogP) is 6.34. The number of benzene rings is 3. The molecule has 9 nitrogen and oxygen atoms in total. The first-order valence-corrected chi connectivity index (χ1v) is 14.9. The van der Waals surface area contributed by atoms with Crippen LogP contribution in [0.1, 0.15) is 36.5 Å². The molecule has 1 unspecified atom stereocenters. The summed E-state index contributed by atoms with van der Waals surface area (Å²) in [5, 5.41) is 18.6. The van der Waals surface area contributed by atoms with Crippen molar-refractivity contribution in [2.24, 2.45) is 4.99 Å². The van der Waals surface area contributed by atoms with Crippen LogP contribution in [0.3, 0.4) is 0 Å². The Bertz CT molecular complexity index is 1640. The minimum atomic E-state index is -4.72. The molecule has 230 valence electrons. The Morgan fingerprint density at radius 3 is 2.50 bits per heavy atom. The van der Waals surface area contributed by atoms with Gasteiger partial charge in [0.1, 0.15) is 12.1 Å². The van der Waals surface area contributed by atoms with Gasteiger partial charge in [0.25, 0.3) is 0 Å². The first kappa shape index (κ1) is 31.1. The summed E-state index contributed by atoms with van der Waals surface area (Å²) in [5.74, 6) is 0.601. The summed E-state index contributed by atoms with van der Waals surface area (Å²) in [7, 11) is 0. The molecule has 1 saturated heterocycles. The summed E-state index contributed by atoms with van der Waals surface area (Å²) >= 11 is 1.29. The number of nitrogens with one attached hydrogen (secondary N) is 1. The lowest BCUT2D eigenvalue weighted by atomic mass is 9.99. The zero-order chi connectivity index (χ0) is 31.4. The zero-order valence-corrected chi connectivity index (χ0v) is 25.1. The SMILES string of the molecule is Cc1ccc(C(C)C)c(N2C(=O)CSC2=NC(O)Nc2ccc(-c3ncn(CCc4ccc(OC(F)(F)F)cc4)n3)cc2)c1. The van der Waals surface area contributed by atoms with E-state index in [9.17, 15) is 23.1 Å². The first-order chi connectivity index (χ1) is 20.9. The van der Waals surface area contributed by atoms with Gasteiger partial charge in [0.2, 0.25) is 12.3 Å². The van der Waals surface area contributed by atoms with Crippen molar-refractivity contribution >= 4 is 34.2 Å². The Hall–Kier alpha value is -4.36. The lowest BCUT2D eigenvalue weighted by molar-refractivity contribution is -0.274. The Balaban J connectivity index is 1.20. The maximum Gasteiger partial charge on any atom is 0.573 e. The number of aliphatic hydroxyl groups excluding tert-OH is 1. The van der Waals surface area contributed by atoms with Gasteiger partial charge < -0.3 is 15.2 Å². The van der Waals surface area contributed by atoms with Gasteiger partial charge in [-0.15, -0.1) is 13.2 Å². The van der Waals surface area contributed by atoms with E-state index < -0.39 is 12.7 Å². The molecule has 0 bridgehead atoms. The van der Waals surface area contributed by atoms with Crippen molar-refractivity contribution in [1.29, 1.82) is 0 Å². The number of amides is 1. The van der Waals surface area contributed by atoms with Crippen molar-refractivity contribution in [2.75, 3.05) is 16.0 Å². The van der Waals surface area contributed by atoms with Gasteiger partial charge in [-0.2, -0.15) is 5.10 Å². The zero-order valence-electron chi connectivity index (χ0n) is 24.2. The van der Waals surface area contributed by atoms with Gasteiger partial charge in [-0.1, -0.05) is 49.9 Å². The average molecular weight is 625 g/mol. The van der Waals surface area contributed by atoms with Gasteiger partial charge in [-0.25, -0.2) is 9.98 Å². The number of nitrogens with zero attached hydrogens (tertiary/aromatic N) is 5. The number of amidine groups is 1. The van der Waals surface area contributed by atoms with Crippen LogP contribution in [0.2, 0.25) is 0 Å². The fraction of sp³-hybridized carbons (Fsp3) is 0.290. The van der Waals surface area contributed by atoms with E-state index in [1.54, 1.807) is 40.2 Å². The number of alkyl halides is 3. The summed E-state index contributed by atoms with van der Waals surface area (Å²) in [5.41, 5.74) is 5.04. The number of ether oxygens (including phenoxy) is 1. The largest absolute Gasteiger partial charge is 0.573 e. The minimum Gasteiger partial charge on any atom is -0.406 e. The van der Waals surface area contributed by atoms with Crippen LogP contribution in [0.15, 0.2) is 78.0 Å². The van der Waals surface area contributed by atoms with E-state index in [4.69, 9.17) is 0 Å². The Labute approximate surface area is 256 Å². The number of anilines is 2. The molecule has 0 aliphatic carbocycles. The van der Waals surface area contributed by atoms with Crippen molar-refractivity contribution in [2.45, 2.75) is 52.4 Å². The maximum absolute atomic E-state index is 12.8. The molecule has 1 aliphatic rings. The lowest BCUT2D eigenvalue weighted by Gasteiger charge is -2.23. The number of thioether (sulfide) groups is 1. The molecule has 0 spiro atoms.